The van der Waals surface area contributed by atoms with Gasteiger partial charge in [0.05, 0.1) is 17.4 Å². The first-order valence-electron chi connectivity index (χ1n) is 11.9. The molecular formula is C30H30F2N2. The van der Waals surface area contributed by atoms with Crippen LogP contribution in [0.25, 0.3) is 6.08 Å². The second kappa shape index (κ2) is 8.83. The Morgan fingerprint density at radius 1 is 0.853 bits per heavy atom. The lowest BCUT2D eigenvalue weighted by Crippen LogP contribution is -2.35. The van der Waals surface area contributed by atoms with Crippen molar-refractivity contribution in [1.29, 1.82) is 0 Å². The summed E-state index contributed by atoms with van der Waals surface area (Å²) in [5, 5.41) is 7.29. The fourth-order valence-electron chi connectivity index (χ4n) is 5.26. The van der Waals surface area contributed by atoms with E-state index in [1.165, 1.54) is 29.8 Å². The number of nitrogens with zero attached hydrogens (tertiary/aromatic N) is 2. The van der Waals surface area contributed by atoms with Gasteiger partial charge >= 0.3 is 0 Å². The molecule has 2 aliphatic rings. The van der Waals surface area contributed by atoms with Crippen LogP contribution in [-0.4, -0.2) is 5.71 Å². The number of benzene rings is 3. The number of allylic oxidation sites excluding steroid dienone is 1. The number of hydrogen-bond donors (Lipinski definition) is 0. The maximum atomic E-state index is 13.8. The largest absolute Gasteiger partial charge is 0.257 e. The summed E-state index contributed by atoms with van der Waals surface area (Å²) in [5.74, 6) is 0.167. The monoisotopic (exact) mass is 456 g/mol. The number of hydrogen-bond acceptors (Lipinski definition) is 2. The number of para-hydroxylation sites is 1. The molecule has 1 heterocycles. The zero-order valence-corrected chi connectivity index (χ0v) is 19.9. The molecule has 0 spiro atoms. The third kappa shape index (κ3) is 4.42. The molecule has 1 aliphatic heterocycles. The summed E-state index contributed by atoms with van der Waals surface area (Å²) in [6.07, 6.45) is 4.10. The first kappa shape index (κ1) is 22.5. The topological polar surface area (TPSA) is 15.6 Å². The minimum atomic E-state index is -0.235. The van der Waals surface area contributed by atoms with Crippen molar-refractivity contribution >= 4 is 17.5 Å². The smallest absolute Gasteiger partial charge is 0.123 e. The average Bonchev–Trinajstić information content (AvgIpc) is 3.21. The first-order chi connectivity index (χ1) is 16.3. The van der Waals surface area contributed by atoms with E-state index in [0.29, 0.717) is 5.92 Å². The maximum absolute atomic E-state index is 13.8. The molecule has 3 unspecified atom stereocenters. The van der Waals surface area contributed by atoms with Gasteiger partial charge < -0.3 is 0 Å². The number of anilines is 1. The van der Waals surface area contributed by atoms with Crippen molar-refractivity contribution in [3.8, 4) is 0 Å². The van der Waals surface area contributed by atoms with Gasteiger partial charge in [0.15, 0.2) is 0 Å². The zero-order valence-electron chi connectivity index (χ0n) is 19.9. The lowest BCUT2D eigenvalue weighted by atomic mass is 9.65. The lowest BCUT2D eigenvalue weighted by Gasteiger charge is -2.40. The highest BCUT2D eigenvalue weighted by atomic mass is 19.1. The number of hydrazone groups is 1. The molecule has 0 N–H and O–H groups in total. The summed E-state index contributed by atoms with van der Waals surface area (Å²) >= 11 is 0. The molecule has 0 radical (unpaired) electrons. The summed E-state index contributed by atoms with van der Waals surface area (Å²) in [6, 6.07) is 23.7. The summed E-state index contributed by atoms with van der Waals surface area (Å²) in [7, 11) is 0. The molecule has 0 aromatic heterocycles. The predicted octanol–water partition coefficient (Wildman–Crippen LogP) is 8.04. The van der Waals surface area contributed by atoms with Crippen molar-refractivity contribution in [3.05, 3.63) is 107 Å². The van der Waals surface area contributed by atoms with E-state index >= 15 is 0 Å². The van der Waals surface area contributed by atoms with Crippen molar-refractivity contribution in [2.24, 2.45) is 22.4 Å². The lowest BCUT2D eigenvalue weighted by molar-refractivity contribution is 0.197. The van der Waals surface area contributed by atoms with Crippen molar-refractivity contribution in [2.75, 3.05) is 5.01 Å². The van der Waals surface area contributed by atoms with Crippen LogP contribution in [0, 0.1) is 28.9 Å². The molecule has 34 heavy (non-hydrogen) atoms. The van der Waals surface area contributed by atoms with Crippen LogP contribution in [0.3, 0.4) is 0 Å². The molecule has 0 bridgehead atoms. The minimum Gasteiger partial charge on any atom is -0.257 e. The Bertz CT molecular complexity index is 1210. The number of fused-ring (bicyclic) bond motifs is 1. The van der Waals surface area contributed by atoms with E-state index < -0.39 is 0 Å². The van der Waals surface area contributed by atoms with Crippen LogP contribution in [0.5, 0.6) is 0 Å². The van der Waals surface area contributed by atoms with E-state index in [1.54, 1.807) is 0 Å². The standard InChI is InChI=1S/C30H30F2N2/c1-30(2,3)23-18-22(17-20-9-13-24(31)14-10-20)28-27(19-23)29(21-11-15-25(32)16-12-21)34(33-28)26-7-5-4-6-8-26/h4-17,23,27,29H,18-19H2,1-3H3/b22-17-. The molecule has 174 valence electrons. The second-order valence-electron chi connectivity index (χ2n) is 10.5. The van der Waals surface area contributed by atoms with Gasteiger partial charge in [-0.05, 0) is 83.3 Å². The molecule has 2 nitrogen and oxygen atoms in total. The van der Waals surface area contributed by atoms with E-state index in [1.807, 2.05) is 42.5 Å². The molecule has 1 fully saturated rings. The molecule has 1 aliphatic carbocycles. The quantitative estimate of drug-likeness (QED) is 0.389. The van der Waals surface area contributed by atoms with Crippen LogP contribution >= 0.6 is 0 Å². The van der Waals surface area contributed by atoms with Gasteiger partial charge in [-0.2, -0.15) is 5.10 Å². The van der Waals surface area contributed by atoms with Crippen LogP contribution < -0.4 is 5.01 Å². The minimum absolute atomic E-state index is 0.0141. The zero-order chi connectivity index (χ0) is 23.9. The third-order valence-electron chi connectivity index (χ3n) is 7.21. The summed E-state index contributed by atoms with van der Waals surface area (Å²) in [4.78, 5) is 0. The van der Waals surface area contributed by atoms with Crippen molar-refractivity contribution < 1.29 is 8.78 Å². The van der Waals surface area contributed by atoms with Crippen molar-refractivity contribution in [3.63, 3.8) is 0 Å². The van der Waals surface area contributed by atoms with Crippen LogP contribution in [0.15, 0.2) is 89.5 Å². The average molecular weight is 457 g/mol. The Morgan fingerprint density at radius 3 is 2.09 bits per heavy atom. The SMILES string of the molecule is CC(C)(C)C1C/C(=C/c2ccc(F)cc2)C2=NN(c3ccccc3)C(c3ccc(F)cc3)C2C1. The summed E-state index contributed by atoms with van der Waals surface area (Å²) < 4.78 is 27.3. The van der Waals surface area contributed by atoms with E-state index in [4.69, 9.17) is 5.10 Å². The molecule has 0 amide bonds. The van der Waals surface area contributed by atoms with Crippen LogP contribution in [0.1, 0.15) is 50.8 Å². The number of rotatable bonds is 3. The van der Waals surface area contributed by atoms with E-state index in [-0.39, 0.29) is 29.0 Å². The highest BCUT2D eigenvalue weighted by molar-refractivity contribution is 6.08. The Hall–Kier alpha value is -3.27. The second-order valence-corrected chi connectivity index (χ2v) is 10.5. The molecule has 4 heteroatoms. The van der Waals surface area contributed by atoms with Crippen LogP contribution in [0.4, 0.5) is 14.5 Å². The van der Waals surface area contributed by atoms with Crippen molar-refractivity contribution in [2.45, 2.75) is 39.7 Å². The molecular weight excluding hydrogens is 426 g/mol. The van der Waals surface area contributed by atoms with Gasteiger partial charge in [-0.3, -0.25) is 5.01 Å². The number of halogens is 2. The molecule has 5 rings (SSSR count). The molecule has 1 saturated carbocycles. The Kier molecular flexibility index (Phi) is 5.85. The maximum Gasteiger partial charge on any atom is 0.123 e. The summed E-state index contributed by atoms with van der Waals surface area (Å²) in [5.41, 5.74) is 5.47. The predicted molar refractivity (Wildman–Crippen MR) is 136 cm³/mol. The Morgan fingerprint density at radius 2 is 1.47 bits per heavy atom. The van der Waals surface area contributed by atoms with Gasteiger partial charge in [0, 0.05) is 5.92 Å². The van der Waals surface area contributed by atoms with Crippen molar-refractivity contribution in [1.82, 2.24) is 0 Å². The van der Waals surface area contributed by atoms with Gasteiger partial charge in [0.1, 0.15) is 11.6 Å². The fraction of sp³-hybridized carbons (Fsp3) is 0.300. The van der Waals surface area contributed by atoms with Gasteiger partial charge in [-0.1, -0.05) is 63.2 Å². The molecule has 0 saturated heterocycles. The first-order valence-corrected chi connectivity index (χ1v) is 11.9. The van der Waals surface area contributed by atoms with Gasteiger partial charge in [0.25, 0.3) is 0 Å². The Labute approximate surface area is 200 Å². The van der Waals surface area contributed by atoms with Crippen LogP contribution in [0.2, 0.25) is 0 Å². The normalized spacial score (nSPS) is 23.7. The highest BCUT2D eigenvalue weighted by Gasteiger charge is 2.46. The molecule has 3 atom stereocenters. The highest BCUT2D eigenvalue weighted by Crippen LogP contribution is 2.51. The fourth-order valence-corrected chi connectivity index (χ4v) is 5.26. The van der Waals surface area contributed by atoms with E-state index in [0.717, 1.165) is 35.4 Å². The molecule has 3 aromatic carbocycles. The summed E-state index contributed by atoms with van der Waals surface area (Å²) in [6.45, 7) is 6.89. The van der Waals surface area contributed by atoms with Crippen LogP contribution in [-0.2, 0) is 0 Å². The third-order valence-corrected chi connectivity index (χ3v) is 7.21. The molecule has 3 aromatic rings. The van der Waals surface area contributed by atoms with Gasteiger partial charge in [-0.15, -0.1) is 0 Å². The van der Waals surface area contributed by atoms with Gasteiger partial charge in [0.2, 0.25) is 0 Å². The van der Waals surface area contributed by atoms with E-state index in [9.17, 15) is 8.78 Å². The van der Waals surface area contributed by atoms with Gasteiger partial charge in [-0.25, -0.2) is 8.78 Å². The van der Waals surface area contributed by atoms with E-state index in [2.05, 4.69) is 44.0 Å². The Balaban J connectivity index is 1.64.